The zero-order valence-electron chi connectivity index (χ0n) is 15.1. The summed E-state index contributed by atoms with van der Waals surface area (Å²) in [6.45, 7) is 4.64. The lowest BCUT2D eigenvalue weighted by Crippen LogP contribution is -2.37. The molecule has 2 heteroatoms. The molecule has 1 nitrogen and oxygen atoms in total. The number of benzene rings is 1. The van der Waals surface area contributed by atoms with E-state index in [1.165, 1.54) is 49.3 Å². The highest BCUT2D eigenvalue weighted by molar-refractivity contribution is 6.33. The molecule has 3 radical (unpaired) electrons. The van der Waals surface area contributed by atoms with E-state index in [0.29, 0.717) is 18.0 Å². The molecule has 1 unspecified atom stereocenters. The summed E-state index contributed by atoms with van der Waals surface area (Å²) in [4.78, 5) is 0. The highest BCUT2D eigenvalue weighted by atomic mass is 28.1. The molecule has 0 aliphatic heterocycles. The van der Waals surface area contributed by atoms with Crippen LogP contribution in [-0.4, -0.2) is 16.3 Å². The van der Waals surface area contributed by atoms with Gasteiger partial charge in [-0.05, 0) is 48.3 Å². The molecule has 24 heavy (non-hydrogen) atoms. The summed E-state index contributed by atoms with van der Waals surface area (Å²) in [6, 6.07) is 9.72. The standard InChI is InChI=1S/C22H30NSi/c1-16(2)15-17-9-8-13-19(17)22(20-12-6-7-14-21(20)24)23-18-10-4-3-5-11-18/h6-9,12,14,16,18,22-23H,3-5,10-11,13,15H2,1-2H3. The van der Waals surface area contributed by atoms with Crippen molar-refractivity contribution in [3.63, 3.8) is 0 Å². The van der Waals surface area contributed by atoms with Crippen LogP contribution in [0, 0.1) is 5.92 Å². The van der Waals surface area contributed by atoms with E-state index < -0.39 is 0 Å². The number of rotatable bonds is 6. The van der Waals surface area contributed by atoms with E-state index in [9.17, 15) is 0 Å². The molecule has 0 aromatic heterocycles. The maximum atomic E-state index is 4.03. The Kier molecular flexibility index (Phi) is 6.12. The van der Waals surface area contributed by atoms with Gasteiger partial charge in [0.1, 0.15) is 0 Å². The molecule has 1 fully saturated rings. The van der Waals surface area contributed by atoms with Crippen molar-refractivity contribution in [2.75, 3.05) is 0 Å². The summed E-state index contributed by atoms with van der Waals surface area (Å²) in [7, 11) is 3.85. The molecule has 2 aliphatic carbocycles. The van der Waals surface area contributed by atoms with Crippen LogP contribution in [0.2, 0.25) is 0 Å². The van der Waals surface area contributed by atoms with Crippen molar-refractivity contribution in [1.82, 2.24) is 5.32 Å². The minimum atomic E-state index is 0.338. The van der Waals surface area contributed by atoms with Crippen molar-refractivity contribution < 1.29 is 0 Å². The van der Waals surface area contributed by atoms with Gasteiger partial charge >= 0.3 is 0 Å². The Morgan fingerprint density at radius 2 is 1.88 bits per heavy atom. The fourth-order valence-corrected chi connectivity index (χ4v) is 4.46. The predicted molar refractivity (Wildman–Crippen MR) is 105 cm³/mol. The van der Waals surface area contributed by atoms with Crippen LogP contribution in [0.15, 0.2) is 47.6 Å². The van der Waals surface area contributed by atoms with E-state index in [1.54, 1.807) is 11.1 Å². The largest absolute Gasteiger partial charge is 0.304 e. The van der Waals surface area contributed by atoms with Gasteiger partial charge in [-0.2, -0.15) is 0 Å². The molecule has 1 atom stereocenters. The van der Waals surface area contributed by atoms with E-state index in [0.717, 1.165) is 6.42 Å². The van der Waals surface area contributed by atoms with Crippen molar-refractivity contribution in [2.45, 2.75) is 70.9 Å². The number of nitrogens with one attached hydrogen (secondary N) is 1. The first-order valence-electron chi connectivity index (χ1n) is 9.60. The second-order valence-electron chi connectivity index (χ2n) is 7.78. The van der Waals surface area contributed by atoms with Gasteiger partial charge in [-0.25, -0.2) is 0 Å². The molecule has 1 aromatic rings. The van der Waals surface area contributed by atoms with Crippen LogP contribution in [-0.2, 0) is 0 Å². The monoisotopic (exact) mass is 336 g/mol. The van der Waals surface area contributed by atoms with Crippen LogP contribution in [0.3, 0.4) is 0 Å². The van der Waals surface area contributed by atoms with Gasteiger partial charge in [0, 0.05) is 6.04 Å². The molecular formula is C22H30NSi. The van der Waals surface area contributed by atoms with Crippen molar-refractivity contribution >= 4 is 15.4 Å². The Morgan fingerprint density at radius 3 is 2.58 bits per heavy atom. The molecule has 1 aromatic carbocycles. The second-order valence-corrected chi connectivity index (χ2v) is 8.32. The van der Waals surface area contributed by atoms with Crippen molar-refractivity contribution in [1.29, 1.82) is 0 Å². The van der Waals surface area contributed by atoms with Gasteiger partial charge in [-0.3, -0.25) is 0 Å². The van der Waals surface area contributed by atoms with E-state index in [2.05, 4.69) is 65.8 Å². The quantitative estimate of drug-likeness (QED) is 0.740. The van der Waals surface area contributed by atoms with Crippen LogP contribution in [0.1, 0.15) is 70.4 Å². The third-order valence-electron chi connectivity index (χ3n) is 5.33. The Balaban J connectivity index is 1.91. The van der Waals surface area contributed by atoms with Gasteiger partial charge in [0.2, 0.25) is 0 Å². The summed E-state index contributed by atoms with van der Waals surface area (Å²) in [5.74, 6) is 0.701. The Bertz CT molecular complexity index is 608. The molecule has 0 amide bonds. The van der Waals surface area contributed by atoms with Crippen molar-refractivity contribution in [2.24, 2.45) is 5.92 Å². The van der Waals surface area contributed by atoms with Gasteiger partial charge < -0.3 is 5.32 Å². The molecule has 0 spiro atoms. The molecule has 3 rings (SSSR count). The fraction of sp³-hybridized carbons (Fsp3) is 0.545. The van der Waals surface area contributed by atoms with Crippen LogP contribution in [0.25, 0.3) is 0 Å². The number of allylic oxidation sites excluding steroid dienone is 3. The Morgan fingerprint density at radius 1 is 1.12 bits per heavy atom. The molecule has 0 saturated heterocycles. The third kappa shape index (κ3) is 4.28. The minimum Gasteiger partial charge on any atom is -0.304 e. The highest BCUT2D eigenvalue weighted by Gasteiger charge is 2.26. The molecule has 0 bridgehead atoms. The van der Waals surface area contributed by atoms with Crippen molar-refractivity contribution in [3.8, 4) is 0 Å². The highest BCUT2D eigenvalue weighted by Crippen LogP contribution is 2.35. The maximum Gasteiger partial charge on any atom is 0.0716 e. The zero-order valence-corrected chi connectivity index (χ0v) is 16.1. The molecule has 2 aliphatic rings. The lowest BCUT2D eigenvalue weighted by atomic mass is 9.89. The zero-order chi connectivity index (χ0) is 16.9. The fourth-order valence-electron chi connectivity index (χ4n) is 4.14. The lowest BCUT2D eigenvalue weighted by molar-refractivity contribution is 0.351. The van der Waals surface area contributed by atoms with Crippen LogP contribution >= 0.6 is 0 Å². The lowest BCUT2D eigenvalue weighted by Gasteiger charge is -2.31. The second kappa shape index (κ2) is 8.31. The topological polar surface area (TPSA) is 12.0 Å². The van der Waals surface area contributed by atoms with Crippen LogP contribution < -0.4 is 10.5 Å². The molecule has 127 valence electrons. The third-order valence-corrected chi connectivity index (χ3v) is 5.78. The van der Waals surface area contributed by atoms with Gasteiger partial charge in [-0.1, -0.05) is 74.7 Å². The summed E-state index contributed by atoms with van der Waals surface area (Å²) in [5, 5.41) is 5.25. The first-order chi connectivity index (χ1) is 11.6. The SMILES string of the molecule is CC(C)CC1=C(C(NC2CCCCC2)c2ccccc2[Si])CC=C1. The maximum absolute atomic E-state index is 4.03. The number of hydrogen-bond donors (Lipinski definition) is 1. The van der Waals surface area contributed by atoms with Gasteiger partial charge in [0.05, 0.1) is 16.3 Å². The minimum absolute atomic E-state index is 0.338. The van der Waals surface area contributed by atoms with E-state index in [4.69, 9.17) is 0 Å². The van der Waals surface area contributed by atoms with Gasteiger partial charge in [0.25, 0.3) is 0 Å². The van der Waals surface area contributed by atoms with Gasteiger partial charge in [-0.15, -0.1) is 0 Å². The summed E-state index contributed by atoms with van der Waals surface area (Å²) in [6.07, 6.45) is 13.8. The smallest absolute Gasteiger partial charge is 0.0716 e. The summed E-state index contributed by atoms with van der Waals surface area (Å²) >= 11 is 0. The normalized spacial score (nSPS) is 20.2. The summed E-state index contributed by atoms with van der Waals surface area (Å²) in [5.41, 5.74) is 4.52. The predicted octanol–water partition coefficient (Wildman–Crippen LogP) is 4.75. The van der Waals surface area contributed by atoms with Crippen LogP contribution in [0.4, 0.5) is 0 Å². The van der Waals surface area contributed by atoms with Crippen molar-refractivity contribution in [3.05, 3.63) is 53.1 Å². The molecule has 1 N–H and O–H groups in total. The molecular weight excluding hydrogens is 306 g/mol. The molecule has 0 heterocycles. The van der Waals surface area contributed by atoms with Gasteiger partial charge in [0.15, 0.2) is 0 Å². The van der Waals surface area contributed by atoms with E-state index in [1.807, 2.05) is 0 Å². The first kappa shape index (κ1) is 17.7. The average molecular weight is 337 g/mol. The number of hydrogen-bond acceptors (Lipinski definition) is 1. The summed E-state index contributed by atoms with van der Waals surface area (Å²) < 4.78 is 0. The Hall–Kier alpha value is -1.12. The Labute approximate surface area is 151 Å². The molecule has 1 saturated carbocycles. The first-order valence-corrected chi connectivity index (χ1v) is 10.1. The van der Waals surface area contributed by atoms with Crippen LogP contribution in [0.5, 0.6) is 0 Å². The van der Waals surface area contributed by atoms with E-state index >= 15 is 0 Å². The average Bonchev–Trinajstić information content (AvgIpc) is 3.01. The van der Waals surface area contributed by atoms with E-state index in [-0.39, 0.29) is 0 Å².